The molecule has 1 atom stereocenters. The molecule has 0 bridgehead atoms. The summed E-state index contributed by atoms with van der Waals surface area (Å²) in [6.07, 6.45) is 0. The number of benzene rings is 1. The summed E-state index contributed by atoms with van der Waals surface area (Å²) in [5.41, 5.74) is 1.56. The lowest BCUT2D eigenvalue weighted by Gasteiger charge is -2.16. The number of hydrogen-bond acceptors (Lipinski definition) is 2. The lowest BCUT2D eigenvalue weighted by atomic mass is 10.1. The van der Waals surface area contributed by atoms with Gasteiger partial charge in [0.25, 0.3) is 5.91 Å². The zero-order chi connectivity index (χ0) is 13.3. The molecule has 0 spiro atoms. The molecular formula is C12H12BrClN2O2. The highest BCUT2D eigenvalue weighted by atomic mass is 79.9. The molecule has 0 fully saturated rings. The smallest absolute Gasteiger partial charge is 0.254 e. The van der Waals surface area contributed by atoms with Gasteiger partial charge in [0.05, 0.1) is 0 Å². The van der Waals surface area contributed by atoms with Gasteiger partial charge in [-0.2, -0.15) is 0 Å². The number of anilines is 1. The molecule has 2 rings (SSSR count). The van der Waals surface area contributed by atoms with E-state index in [0.29, 0.717) is 16.9 Å². The molecular weight excluding hydrogens is 320 g/mol. The Labute approximate surface area is 118 Å². The highest BCUT2D eigenvalue weighted by molar-refractivity contribution is 9.09. The Morgan fingerprint density at radius 2 is 2.28 bits per heavy atom. The van der Waals surface area contributed by atoms with Crippen molar-refractivity contribution in [3.8, 4) is 0 Å². The van der Waals surface area contributed by atoms with E-state index in [1.54, 1.807) is 23.1 Å². The summed E-state index contributed by atoms with van der Waals surface area (Å²) in [6, 6.07) is 4.64. The van der Waals surface area contributed by atoms with Crippen molar-refractivity contribution in [3.05, 3.63) is 28.8 Å². The highest BCUT2D eigenvalue weighted by Crippen LogP contribution is 2.37. The van der Waals surface area contributed by atoms with E-state index >= 15 is 0 Å². The fourth-order valence-corrected chi connectivity index (χ4v) is 2.60. The van der Waals surface area contributed by atoms with Crippen LogP contribution in [0.25, 0.3) is 0 Å². The van der Waals surface area contributed by atoms with Gasteiger partial charge in [-0.1, -0.05) is 27.5 Å². The molecule has 0 aliphatic carbocycles. The third-order valence-corrected chi connectivity index (χ3v) is 3.35. The van der Waals surface area contributed by atoms with E-state index < -0.39 is 6.04 Å². The van der Waals surface area contributed by atoms with Crippen LogP contribution in [0.15, 0.2) is 18.2 Å². The molecule has 1 N–H and O–H groups in total. The second kappa shape index (κ2) is 5.28. The largest absolute Gasteiger partial charge is 0.341 e. The Hall–Kier alpha value is -1.07. The summed E-state index contributed by atoms with van der Waals surface area (Å²) < 4.78 is 0. The fourth-order valence-electron chi connectivity index (χ4n) is 2.07. The number of carbonyl (C=O) groups excluding carboxylic acids is 2. The first kappa shape index (κ1) is 13.4. The van der Waals surface area contributed by atoms with Gasteiger partial charge in [-0.15, -0.1) is 0 Å². The van der Waals surface area contributed by atoms with Crippen LogP contribution in [-0.4, -0.2) is 23.7 Å². The van der Waals surface area contributed by atoms with Gasteiger partial charge in [-0.25, -0.2) is 0 Å². The van der Waals surface area contributed by atoms with Crippen LogP contribution in [0.5, 0.6) is 0 Å². The molecule has 1 unspecified atom stereocenters. The summed E-state index contributed by atoms with van der Waals surface area (Å²) >= 11 is 9.26. The summed E-state index contributed by atoms with van der Waals surface area (Å²) in [6.45, 7) is 1.95. The SMILES string of the molecule is CC(=O)NC1C(=O)N(CCBr)c2ccc(Cl)cc21. The van der Waals surface area contributed by atoms with E-state index in [1.165, 1.54) is 6.92 Å². The molecule has 1 aliphatic heterocycles. The third kappa shape index (κ3) is 2.37. The normalized spacial score (nSPS) is 17.8. The van der Waals surface area contributed by atoms with E-state index in [-0.39, 0.29) is 11.8 Å². The predicted octanol–water partition coefficient (Wildman–Crippen LogP) is 2.26. The van der Waals surface area contributed by atoms with Gasteiger partial charge in [0.2, 0.25) is 5.91 Å². The fraction of sp³-hybridized carbons (Fsp3) is 0.333. The molecule has 0 aromatic heterocycles. The van der Waals surface area contributed by atoms with Crippen LogP contribution in [-0.2, 0) is 9.59 Å². The molecule has 18 heavy (non-hydrogen) atoms. The minimum atomic E-state index is -0.629. The Balaban J connectivity index is 2.43. The molecule has 96 valence electrons. The van der Waals surface area contributed by atoms with Gasteiger partial charge < -0.3 is 10.2 Å². The zero-order valence-corrected chi connectivity index (χ0v) is 12.1. The number of nitrogens with zero attached hydrogens (tertiary/aromatic N) is 1. The third-order valence-electron chi connectivity index (χ3n) is 2.76. The average Bonchev–Trinajstić information content (AvgIpc) is 2.54. The van der Waals surface area contributed by atoms with Gasteiger partial charge in [-0.3, -0.25) is 9.59 Å². The van der Waals surface area contributed by atoms with Crippen molar-refractivity contribution in [2.45, 2.75) is 13.0 Å². The predicted molar refractivity (Wildman–Crippen MR) is 74.2 cm³/mol. The first-order valence-electron chi connectivity index (χ1n) is 5.48. The quantitative estimate of drug-likeness (QED) is 0.864. The molecule has 6 heteroatoms. The lowest BCUT2D eigenvalue weighted by molar-refractivity contribution is -0.126. The lowest BCUT2D eigenvalue weighted by Crippen LogP contribution is -2.37. The standard InChI is InChI=1S/C12H12BrClN2O2/c1-7(17)15-11-9-6-8(14)2-3-10(9)16(5-4-13)12(11)18/h2-3,6,11H,4-5H2,1H3,(H,15,17). The van der Waals surface area contributed by atoms with Gasteiger partial charge in [0, 0.05) is 35.1 Å². The number of halogens is 2. The first-order valence-corrected chi connectivity index (χ1v) is 6.98. The number of alkyl halides is 1. The monoisotopic (exact) mass is 330 g/mol. The van der Waals surface area contributed by atoms with E-state index in [2.05, 4.69) is 21.2 Å². The highest BCUT2D eigenvalue weighted by Gasteiger charge is 2.37. The van der Waals surface area contributed by atoms with Crippen LogP contribution < -0.4 is 10.2 Å². The van der Waals surface area contributed by atoms with Gasteiger partial charge in [0.15, 0.2) is 0 Å². The van der Waals surface area contributed by atoms with Crippen molar-refractivity contribution >= 4 is 45.0 Å². The molecule has 1 heterocycles. The molecule has 0 radical (unpaired) electrons. The summed E-state index contributed by atoms with van der Waals surface area (Å²) in [4.78, 5) is 25.1. The molecule has 0 saturated carbocycles. The van der Waals surface area contributed by atoms with Crippen LogP contribution in [0, 0.1) is 0 Å². The zero-order valence-electron chi connectivity index (χ0n) is 9.74. The molecule has 1 aromatic rings. The van der Waals surface area contributed by atoms with E-state index in [0.717, 1.165) is 11.3 Å². The Morgan fingerprint density at radius 3 is 2.89 bits per heavy atom. The van der Waals surface area contributed by atoms with Crippen molar-refractivity contribution in [3.63, 3.8) is 0 Å². The van der Waals surface area contributed by atoms with E-state index in [9.17, 15) is 9.59 Å². The van der Waals surface area contributed by atoms with E-state index in [4.69, 9.17) is 11.6 Å². The topological polar surface area (TPSA) is 49.4 Å². The minimum absolute atomic E-state index is 0.123. The van der Waals surface area contributed by atoms with Crippen LogP contribution in [0.1, 0.15) is 18.5 Å². The second-order valence-electron chi connectivity index (χ2n) is 4.02. The molecule has 0 saturated heterocycles. The summed E-state index contributed by atoms with van der Waals surface area (Å²) in [7, 11) is 0. The maximum absolute atomic E-state index is 12.2. The number of rotatable bonds is 3. The van der Waals surface area contributed by atoms with Crippen LogP contribution >= 0.6 is 27.5 Å². The number of nitrogens with one attached hydrogen (secondary N) is 1. The van der Waals surface area contributed by atoms with Crippen molar-refractivity contribution in [1.29, 1.82) is 0 Å². The van der Waals surface area contributed by atoms with Gasteiger partial charge >= 0.3 is 0 Å². The molecule has 1 aromatic carbocycles. The second-order valence-corrected chi connectivity index (χ2v) is 5.24. The van der Waals surface area contributed by atoms with Crippen molar-refractivity contribution in [2.24, 2.45) is 0 Å². The van der Waals surface area contributed by atoms with Crippen molar-refractivity contribution in [1.82, 2.24) is 5.32 Å². The van der Waals surface area contributed by atoms with Crippen LogP contribution in [0.2, 0.25) is 5.02 Å². The summed E-state index contributed by atoms with van der Waals surface area (Å²) in [5.74, 6) is -0.359. The van der Waals surface area contributed by atoms with Gasteiger partial charge in [-0.05, 0) is 18.2 Å². The maximum atomic E-state index is 12.2. The molecule has 2 amide bonds. The number of carbonyl (C=O) groups is 2. The Bertz CT molecular complexity index is 507. The maximum Gasteiger partial charge on any atom is 0.254 e. The van der Waals surface area contributed by atoms with Gasteiger partial charge in [0.1, 0.15) is 6.04 Å². The van der Waals surface area contributed by atoms with Crippen LogP contribution in [0.4, 0.5) is 5.69 Å². The average molecular weight is 332 g/mol. The van der Waals surface area contributed by atoms with Crippen molar-refractivity contribution in [2.75, 3.05) is 16.8 Å². The molecule has 4 nitrogen and oxygen atoms in total. The first-order chi connectivity index (χ1) is 8.54. The number of fused-ring (bicyclic) bond motifs is 1. The van der Waals surface area contributed by atoms with E-state index in [1.807, 2.05) is 0 Å². The van der Waals surface area contributed by atoms with Crippen LogP contribution in [0.3, 0.4) is 0 Å². The number of hydrogen-bond donors (Lipinski definition) is 1. The molecule has 1 aliphatic rings. The Kier molecular flexibility index (Phi) is 3.92. The number of amides is 2. The minimum Gasteiger partial charge on any atom is -0.341 e. The van der Waals surface area contributed by atoms with Crippen molar-refractivity contribution < 1.29 is 9.59 Å². The Morgan fingerprint density at radius 1 is 1.56 bits per heavy atom. The summed E-state index contributed by atoms with van der Waals surface area (Å²) in [5, 5.41) is 3.89.